The largest absolute Gasteiger partial charge is 0.495 e. The molecule has 0 unspecified atom stereocenters. The number of rotatable bonds is 4. The molecule has 4 nitrogen and oxygen atoms in total. The average molecular weight is 375 g/mol. The van der Waals surface area contributed by atoms with Gasteiger partial charge in [-0.05, 0) is 52.5 Å². The van der Waals surface area contributed by atoms with Gasteiger partial charge in [-0.25, -0.2) is 0 Å². The fourth-order valence-corrected chi connectivity index (χ4v) is 3.33. The highest BCUT2D eigenvalue weighted by Crippen LogP contribution is 2.36. The Labute approximate surface area is 144 Å². The molecule has 0 saturated heterocycles. The Hall–Kier alpha value is -2.01. The Morgan fingerprint density at radius 1 is 1.26 bits per heavy atom. The minimum absolute atomic E-state index is 0.0318. The molecule has 0 atom stereocenters. The number of anilines is 2. The Morgan fingerprint density at radius 3 is 2.87 bits per heavy atom. The summed E-state index contributed by atoms with van der Waals surface area (Å²) in [5.41, 5.74) is 3.07. The van der Waals surface area contributed by atoms with E-state index in [4.69, 9.17) is 4.74 Å². The molecule has 0 aromatic heterocycles. The van der Waals surface area contributed by atoms with Crippen molar-refractivity contribution in [1.29, 1.82) is 0 Å². The molecule has 3 rings (SSSR count). The predicted molar refractivity (Wildman–Crippen MR) is 96.3 cm³/mol. The summed E-state index contributed by atoms with van der Waals surface area (Å²) < 4.78 is 6.36. The lowest BCUT2D eigenvalue weighted by Crippen LogP contribution is -2.37. The third kappa shape index (κ3) is 3.50. The molecular weight excluding hydrogens is 356 g/mol. The molecule has 0 radical (unpaired) electrons. The third-order valence-electron chi connectivity index (χ3n) is 3.98. The van der Waals surface area contributed by atoms with Crippen LogP contribution in [0.3, 0.4) is 0 Å². The maximum absolute atomic E-state index is 12.4. The highest BCUT2D eigenvalue weighted by Gasteiger charge is 2.22. The maximum atomic E-state index is 12.4. The molecule has 0 aliphatic carbocycles. The standard InChI is InChI=1S/C18H19BrN2O2/c1-23-16-10-4-6-13-7-5-11-21(18(13)16)12-17(22)20-15-9-3-2-8-14(15)19/h2-4,6,8-10H,5,7,11-12H2,1H3,(H,20,22). The minimum Gasteiger partial charge on any atom is -0.495 e. The van der Waals surface area contributed by atoms with Gasteiger partial charge in [0.25, 0.3) is 0 Å². The second-order valence-corrected chi connectivity index (χ2v) is 6.38. The van der Waals surface area contributed by atoms with Crippen LogP contribution < -0.4 is 15.0 Å². The lowest BCUT2D eigenvalue weighted by atomic mass is 10.0. The van der Waals surface area contributed by atoms with E-state index in [1.165, 1.54) is 5.56 Å². The minimum atomic E-state index is -0.0318. The van der Waals surface area contributed by atoms with Crippen molar-refractivity contribution in [3.8, 4) is 5.75 Å². The first-order chi connectivity index (χ1) is 11.2. The fraction of sp³-hybridized carbons (Fsp3) is 0.278. The second kappa shape index (κ2) is 7.04. The molecule has 1 aliphatic rings. The van der Waals surface area contributed by atoms with Crippen molar-refractivity contribution in [2.24, 2.45) is 0 Å². The Kier molecular flexibility index (Phi) is 4.86. The molecule has 2 aromatic rings. The zero-order chi connectivity index (χ0) is 16.2. The van der Waals surface area contributed by atoms with E-state index < -0.39 is 0 Å². The van der Waals surface area contributed by atoms with E-state index in [1.807, 2.05) is 36.4 Å². The number of methoxy groups -OCH3 is 1. The van der Waals surface area contributed by atoms with Crippen LogP contribution in [0, 0.1) is 0 Å². The van der Waals surface area contributed by atoms with E-state index in [-0.39, 0.29) is 5.91 Å². The number of nitrogens with one attached hydrogen (secondary N) is 1. The van der Waals surface area contributed by atoms with E-state index in [9.17, 15) is 4.79 Å². The van der Waals surface area contributed by atoms with Gasteiger partial charge >= 0.3 is 0 Å². The van der Waals surface area contributed by atoms with E-state index in [0.717, 1.165) is 41.0 Å². The van der Waals surface area contributed by atoms with Crippen LogP contribution in [0.5, 0.6) is 5.75 Å². The summed E-state index contributed by atoms with van der Waals surface area (Å²) in [7, 11) is 1.67. The Balaban J connectivity index is 1.77. The van der Waals surface area contributed by atoms with Crippen LogP contribution in [-0.2, 0) is 11.2 Å². The van der Waals surface area contributed by atoms with Gasteiger partial charge in [-0.2, -0.15) is 0 Å². The van der Waals surface area contributed by atoms with Gasteiger partial charge in [0.05, 0.1) is 25.0 Å². The molecule has 1 heterocycles. The van der Waals surface area contributed by atoms with Crippen molar-refractivity contribution in [3.05, 3.63) is 52.5 Å². The Bertz CT molecular complexity index is 704. The number of carbonyl (C=O) groups is 1. The van der Waals surface area contributed by atoms with E-state index in [0.29, 0.717) is 6.54 Å². The average Bonchev–Trinajstić information content (AvgIpc) is 2.56. The molecule has 0 spiro atoms. The summed E-state index contributed by atoms with van der Waals surface area (Å²) in [5, 5.41) is 2.96. The number of carbonyl (C=O) groups excluding carboxylic acids is 1. The van der Waals surface area contributed by atoms with Crippen LogP contribution in [0.25, 0.3) is 0 Å². The van der Waals surface area contributed by atoms with Gasteiger partial charge in [0.1, 0.15) is 5.75 Å². The number of para-hydroxylation sites is 2. The maximum Gasteiger partial charge on any atom is 0.243 e. The first-order valence-corrected chi connectivity index (χ1v) is 8.43. The topological polar surface area (TPSA) is 41.6 Å². The summed E-state index contributed by atoms with van der Waals surface area (Å²) in [6.07, 6.45) is 2.07. The molecule has 0 bridgehead atoms. The summed E-state index contributed by atoms with van der Waals surface area (Å²) in [5.74, 6) is 0.798. The number of benzene rings is 2. The third-order valence-corrected chi connectivity index (χ3v) is 4.67. The summed E-state index contributed by atoms with van der Waals surface area (Å²) in [4.78, 5) is 14.5. The highest BCUT2D eigenvalue weighted by molar-refractivity contribution is 9.10. The summed E-state index contributed by atoms with van der Waals surface area (Å²) in [6, 6.07) is 13.7. The van der Waals surface area contributed by atoms with Gasteiger partial charge in [-0.1, -0.05) is 24.3 Å². The van der Waals surface area contributed by atoms with Gasteiger partial charge in [0.15, 0.2) is 0 Å². The highest BCUT2D eigenvalue weighted by atomic mass is 79.9. The van der Waals surface area contributed by atoms with Crippen molar-refractivity contribution in [2.45, 2.75) is 12.8 Å². The second-order valence-electron chi connectivity index (χ2n) is 5.52. The molecule has 2 aromatic carbocycles. The van der Waals surface area contributed by atoms with Crippen LogP contribution in [0.2, 0.25) is 0 Å². The zero-order valence-electron chi connectivity index (χ0n) is 13.0. The number of hydrogen-bond acceptors (Lipinski definition) is 3. The van der Waals surface area contributed by atoms with E-state index in [1.54, 1.807) is 7.11 Å². The van der Waals surface area contributed by atoms with Crippen LogP contribution in [-0.4, -0.2) is 26.1 Å². The Morgan fingerprint density at radius 2 is 2.09 bits per heavy atom. The smallest absolute Gasteiger partial charge is 0.243 e. The van der Waals surface area contributed by atoms with Crippen LogP contribution in [0.1, 0.15) is 12.0 Å². The first kappa shape index (κ1) is 15.9. The molecule has 0 saturated carbocycles. The lowest BCUT2D eigenvalue weighted by Gasteiger charge is -2.32. The first-order valence-electron chi connectivity index (χ1n) is 7.64. The van der Waals surface area contributed by atoms with Crippen molar-refractivity contribution in [1.82, 2.24) is 0 Å². The van der Waals surface area contributed by atoms with E-state index >= 15 is 0 Å². The summed E-state index contributed by atoms with van der Waals surface area (Å²) >= 11 is 3.45. The molecule has 23 heavy (non-hydrogen) atoms. The molecule has 1 N–H and O–H groups in total. The number of amides is 1. The van der Waals surface area contributed by atoms with Crippen molar-refractivity contribution in [2.75, 3.05) is 30.4 Å². The molecule has 5 heteroatoms. The summed E-state index contributed by atoms with van der Waals surface area (Å²) in [6.45, 7) is 1.17. The molecule has 1 amide bonds. The van der Waals surface area contributed by atoms with Crippen molar-refractivity contribution >= 4 is 33.2 Å². The van der Waals surface area contributed by atoms with Gasteiger partial charge in [0, 0.05) is 11.0 Å². The monoisotopic (exact) mass is 374 g/mol. The number of halogens is 1. The lowest BCUT2D eigenvalue weighted by molar-refractivity contribution is -0.115. The number of nitrogens with zero attached hydrogens (tertiary/aromatic N) is 1. The number of fused-ring (bicyclic) bond motifs is 1. The van der Waals surface area contributed by atoms with Crippen LogP contribution in [0.4, 0.5) is 11.4 Å². The van der Waals surface area contributed by atoms with Crippen molar-refractivity contribution < 1.29 is 9.53 Å². The van der Waals surface area contributed by atoms with Gasteiger partial charge in [-0.3, -0.25) is 4.79 Å². The molecule has 0 fully saturated rings. The molecular formula is C18H19BrN2O2. The molecule has 1 aliphatic heterocycles. The normalized spacial score (nSPS) is 13.4. The predicted octanol–water partition coefficient (Wildman–Crippen LogP) is 3.85. The SMILES string of the molecule is COc1cccc2c1N(CC(=O)Nc1ccccc1Br)CCC2. The quantitative estimate of drug-likeness (QED) is 0.883. The number of hydrogen-bond donors (Lipinski definition) is 1. The number of aryl methyl sites for hydroxylation is 1. The fourth-order valence-electron chi connectivity index (χ4n) is 2.95. The zero-order valence-corrected chi connectivity index (χ0v) is 14.6. The van der Waals surface area contributed by atoms with Gasteiger partial charge in [-0.15, -0.1) is 0 Å². The van der Waals surface area contributed by atoms with Gasteiger partial charge in [0.2, 0.25) is 5.91 Å². The van der Waals surface area contributed by atoms with Gasteiger partial charge < -0.3 is 15.0 Å². The molecule has 120 valence electrons. The van der Waals surface area contributed by atoms with Crippen LogP contribution >= 0.6 is 15.9 Å². The van der Waals surface area contributed by atoms with Crippen molar-refractivity contribution in [3.63, 3.8) is 0 Å². The number of ether oxygens (including phenoxy) is 1. The van der Waals surface area contributed by atoms with Crippen LogP contribution in [0.15, 0.2) is 46.9 Å². The van der Waals surface area contributed by atoms with E-state index in [2.05, 4.69) is 32.2 Å².